The van der Waals surface area contributed by atoms with Crippen molar-refractivity contribution >= 4 is 7.26 Å². The lowest BCUT2D eigenvalue weighted by atomic mass is 10.6. The van der Waals surface area contributed by atoms with Crippen LogP contribution in [0.15, 0.2) is 0 Å². The molecule has 0 spiro atoms. The highest BCUT2D eigenvalue weighted by Gasteiger charge is 2.31. The van der Waals surface area contributed by atoms with Gasteiger partial charge in [0, 0.05) is 27.0 Å². The molecule has 1 aliphatic rings. The summed E-state index contributed by atoms with van der Waals surface area (Å²) in [6.07, 6.45) is 5.89. The molecule has 74 valence electrons. The Kier molecular flexibility index (Phi) is 7.08. The van der Waals surface area contributed by atoms with Gasteiger partial charge >= 0.3 is 0 Å². The van der Waals surface area contributed by atoms with E-state index in [2.05, 4.69) is 18.9 Å². The van der Waals surface area contributed by atoms with Crippen molar-refractivity contribution in [3.8, 4) is 0 Å². The van der Waals surface area contributed by atoms with Crippen molar-refractivity contribution in [3.05, 3.63) is 0 Å². The summed E-state index contributed by atoms with van der Waals surface area (Å²) in [4.78, 5) is 0. The molecule has 0 saturated carbocycles. The fourth-order valence-corrected chi connectivity index (χ4v) is 4.84. The number of nitrogens with one attached hydrogen (secondary N) is 1. The molecule has 1 rings (SSSR count). The van der Waals surface area contributed by atoms with Crippen LogP contribution in [-0.2, 0) is 0 Å². The lowest BCUT2D eigenvalue weighted by Gasteiger charge is -2.27. The zero-order valence-corrected chi connectivity index (χ0v) is 10.1. The molecule has 0 aromatic heterocycles. The maximum atomic E-state index is 3.43. The molecular formula is C10H25NP+. The van der Waals surface area contributed by atoms with Gasteiger partial charge < -0.3 is 5.32 Å². The Morgan fingerprint density at radius 2 is 1.67 bits per heavy atom. The average Bonchev–Trinajstić information content (AvgIpc) is 2.09. The van der Waals surface area contributed by atoms with Gasteiger partial charge in [0.05, 0.1) is 18.5 Å². The Morgan fingerprint density at radius 1 is 1.17 bits per heavy atom. The van der Waals surface area contributed by atoms with E-state index in [1.165, 1.54) is 38.0 Å². The molecule has 0 aromatic rings. The predicted octanol–water partition coefficient (Wildman–Crippen LogP) is 2.67. The van der Waals surface area contributed by atoms with E-state index in [9.17, 15) is 0 Å². The second-order valence-corrected chi connectivity index (χ2v) is 8.12. The van der Waals surface area contributed by atoms with E-state index in [0.717, 1.165) is 0 Å². The highest BCUT2D eigenvalue weighted by Crippen LogP contribution is 2.55. The van der Waals surface area contributed by atoms with Gasteiger partial charge in [-0.1, -0.05) is 20.8 Å². The molecule has 0 radical (unpaired) electrons. The monoisotopic (exact) mass is 190 g/mol. The Hall–Kier alpha value is 0.390. The molecule has 1 saturated heterocycles. The Balaban J connectivity index is 0.000000561. The van der Waals surface area contributed by atoms with Crippen molar-refractivity contribution in [1.29, 1.82) is 0 Å². The minimum absolute atomic E-state index is 0.426. The topological polar surface area (TPSA) is 12.0 Å². The van der Waals surface area contributed by atoms with Crippen molar-refractivity contribution < 1.29 is 0 Å². The van der Waals surface area contributed by atoms with Gasteiger partial charge in [0.25, 0.3) is 0 Å². The van der Waals surface area contributed by atoms with Crippen LogP contribution >= 0.6 is 7.26 Å². The molecule has 1 N–H and O–H groups in total. The minimum atomic E-state index is -0.426. The van der Waals surface area contributed by atoms with Crippen molar-refractivity contribution in [2.75, 3.05) is 38.2 Å². The van der Waals surface area contributed by atoms with Crippen LogP contribution in [0.4, 0.5) is 0 Å². The smallest absolute Gasteiger partial charge is 0.0716 e. The van der Waals surface area contributed by atoms with E-state index in [1.807, 2.05) is 13.8 Å². The maximum Gasteiger partial charge on any atom is 0.0716 e. The molecule has 0 unspecified atom stereocenters. The highest BCUT2D eigenvalue weighted by atomic mass is 31.2. The molecule has 12 heavy (non-hydrogen) atoms. The molecule has 1 fully saturated rings. The summed E-state index contributed by atoms with van der Waals surface area (Å²) >= 11 is 0. The molecule has 1 heterocycles. The fraction of sp³-hybridized carbons (Fsp3) is 1.00. The van der Waals surface area contributed by atoms with Crippen molar-refractivity contribution in [2.45, 2.75) is 27.2 Å². The average molecular weight is 190 g/mol. The zero-order chi connectivity index (χ0) is 9.45. The summed E-state index contributed by atoms with van der Waals surface area (Å²) in [6, 6.07) is 0. The maximum absolute atomic E-state index is 3.43. The summed E-state index contributed by atoms with van der Waals surface area (Å²) in [7, 11) is -0.426. The van der Waals surface area contributed by atoms with E-state index < -0.39 is 7.26 Å². The van der Waals surface area contributed by atoms with Gasteiger partial charge in [0.2, 0.25) is 0 Å². The van der Waals surface area contributed by atoms with Crippen LogP contribution in [0.1, 0.15) is 27.2 Å². The lowest BCUT2D eigenvalue weighted by molar-refractivity contribution is 0.738. The predicted molar refractivity (Wildman–Crippen MR) is 62.0 cm³/mol. The van der Waals surface area contributed by atoms with E-state index in [1.54, 1.807) is 0 Å². The van der Waals surface area contributed by atoms with Crippen LogP contribution in [0, 0.1) is 0 Å². The van der Waals surface area contributed by atoms with Crippen molar-refractivity contribution in [2.24, 2.45) is 0 Å². The van der Waals surface area contributed by atoms with E-state index >= 15 is 0 Å². The van der Waals surface area contributed by atoms with Crippen LogP contribution in [0.2, 0.25) is 0 Å². The van der Waals surface area contributed by atoms with Crippen molar-refractivity contribution in [3.63, 3.8) is 0 Å². The van der Waals surface area contributed by atoms with E-state index in [4.69, 9.17) is 0 Å². The van der Waals surface area contributed by atoms with Crippen LogP contribution in [-0.4, -0.2) is 38.2 Å². The number of rotatable bonds is 2. The molecule has 0 bridgehead atoms. The first-order valence-corrected chi connectivity index (χ1v) is 8.10. The first-order valence-electron chi connectivity index (χ1n) is 5.31. The first-order chi connectivity index (χ1) is 5.77. The summed E-state index contributed by atoms with van der Waals surface area (Å²) in [5, 5.41) is 3.43. The van der Waals surface area contributed by atoms with Gasteiger partial charge in [0.15, 0.2) is 0 Å². The largest absolute Gasteiger partial charge is 0.310 e. The standard InChI is InChI=1S/C8H19NP.C2H6/c1-3-6-10(2)7-4-9-5-8-10;1-2/h9H,3-8H2,1-2H3;1-2H3/q+1;. The van der Waals surface area contributed by atoms with Crippen LogP contribution in [0.5, 0.6) is 0 Å². The third-order valence-electron chi connectivity index (χ3n) is 2.42. The second kappa shape index (κ2) is 6.86. The van der Waals surface area contributed by atoms with Crippen LogP contribution < -0.4 is 5.32 Å². The Labute approximate surface area is 78.7 Å². The third kappa shape index (κ3) is 4.42. The highest BCUT2D eigenvalue weighted by molar-refractivity contribution is 7.75. The first kappa shape index (κ1) is 12.4. The molecule has 0 aliphatic carbocycles. The summed E-state index contributed by atoms with van der Waals surface area (Å²) in [5.74, 6) is 0. The van der Waals surface area contributed by atoms with Crippen molar-refractivity contribution in [1.82, 2.24) is 5.32 Å². The fourth-order valence-electron chi connectivity index (χ4n) is 1.70. The number of hydrogen-bond acceptors (Lipinski definition) is 1. The van der Waals surface area contributed by atoms with Crippen LogP contribution in [0.25, 0.3) is 0 Å². The third-order valence-corrected chi connectivity index (χ3v) is 6.55. The minimum Gasteiger partial charge on any atom is -0.310 e. The van der Waals surface area contributed by atoms with Gasteiger partial charge in [-0.15, -0.1) is 0 Å². The van der Waals surface area contributed by atoms with Gasteiger partial charge in [-0.05, 0) is 6.42 Å². The summed E-state index contributed by atoms with van der Waals surface area (Å²) < 4.78 is 0. The van der Waals surface area contributed by atoms with Gasteiger partial charge in [-0.3, -0.25) is 0 Å². The Bertz CT molecular complexity index is 92.5. The van der Waals surface area contributed by atoms with Gasteiger partial charge in [-0.25, -0.2) is 0 Å². The molecule has 1 aliphatic heterocycles. The lowest BCUT2D eigenvalue weighted by Crippen LogP contribution is -2.31. The SMILES string of the molecule is CC.CCC[P+]1(C)CCNCC1. The van der Waals surface area contributed by atoms with Gasteiger partial charge in [-0.2, -0.15) is 0 Å². The van der Waals surface area contributed by atoms with E-state index in [-0.39, 0.29) is 0 Å². The van der Waals surface area contributed by atoms with Crippen LogP contribution in [0.3, 0.4) is 0 Å². The molecule has 0 atom stereocenters. The normalized spacial score (nSPS) is 21.0. The number of hydrogen-bond donors (Lipinski definition) is 1. The van der Waals surface area contributed by atoms with E-state index in [0.29, 0.717) is 0 Å². The molecule has 1 nitrogen and oxygen atoms in total. The van der Waals surface area contributed by atoms with Gasteiger partial charge in [0.1, 0.15) is 0 Å². The summed E-state index contributed by atoms with van der Waals surface area (Å²) in [5.41, 5.74) is 0. The molecule has 0 amide bonds. The Morgan fingerprint density at radius 3 is 2.08 bits per heavy atom. The summed E-state index contributed by atoms with van der Waals surface area (Å²) in [6.45, 7) is 11.4. The molecule has 2 heteroatoms. The zero-order valence-electron chi connectivity index (χ0n) is 9.19. The molecular weight excluding hydrogens is 165 g/mol. The quantitative estimate of drug-likeness (QED) is 0.660. The molecule has 0 aromatic carbocycles. The second-order valence-electron chi connectivity index (χ2n) is 3.54.